The van der Waals surface area contributed by atoms with Crippen LogP contribution in [0.25, 0.3) is 0 Å². The minimum atomic E-state index is -4.98. The molecule has 0 aliphatic rings. The fourth-order valence-corrected chi connectivity index (χ4v) is 1.29. The second-order valence-corrected chi connectivity index (χ2v) is 3.40. The highest BCUT2D eigenvalue weighted by atomic mass is 19.4. The molecule has 1 unspecified atom stereocenters. The number of halogens is 6. The second kappa shape index (κ2) is 4.68. The summed E-state index contributed by atoms with van der Waals surface area (Å²) in [6.45, 7) is 0. The standard InChI is InChI=1S/C10H8F6O2/c1-18-7-4-5(9(11,12)13)2-3-6(7)8(17)10(14,15)16/h2-4,8,17H,1H3. The lowest BCUT2D eigenvalue weighted by Gasteiger charge is -2.18. The molecule has 18 heavy (non-hydrogen) atoms. The van der Waals surface area contributed by atoms with Crippen LogP contribution in [0.3, 0.4) is 0 Å². The van der Waals surface area contributed by atoms with E-state index in [9.17, 15) is 26.3 Å². The Morgan fingerprint density at radius 2 is 1.67 bits per heavy atom. The SMILES string of the molecule is COc1cc(C(F)(F)F)ccc1C(O)C(F)(F)F. The molecule has 2 nitrogen and oxygen atoms in total. The van der Waals surface area contributed by atoms with Crippen molar-refractivity contribution in [2.45, 2.75) is 18.5 Å². The van der Waals surface area contributed by atoms with E-state index >= 15 is 0 Å². The van der Waals surface area contributed by atoms with Crippen molar-refractivity contribution in [2.24, 2.45) is 0 Å². The van der Waals surface area contributed by atoms with Gasteiger partial charge in [0.15, 0.2) is 6.10 Å². The van der Waals surface area contributed by atoms with Crippen LogP contribution in [0.1, 0.15) is 17.2 Å². The number of aliphatic hydroxyl groups excluding tert-OH is 1. The van der Waals surface area contributed by atoms with Crippen LogP contribution in [0, 0.1) is 0 Å². The predicted octanol–water partition coefficient (Wildman–Crippen LogP) is 3.31. The minimum Gasteiger partial charge on any atom is -0.496 e. The molecule has 1 N–H and O–H groups in total. The van der Waals surface area contributed by atoms with Crippen molar-refractivity contribution in [3.05, 3.63) is 29.3 Å². The highest BCUT2D eigenvalue weighted by Crippen LogP contribution is 2.40. The Morgan fingerprint density at radius 3 is 2.06 bits per heavy atom. The molecule has 0 aromatic heterocycles. The fourth-order valence-electron chi connectivity index (χ4n) is 1.29. The summed E-state index contributed by atoms with van der Waals surface area (Å²) in [6.07, 6.45) is -12.6. The molecular formula is C10H8F6O2. The number of ether oxygens (including phenoxy) is 1. The van der Waals surface area contributed by atoms with Crippen LogP contribution in [0.15, 0.2) is 18.2 Å². The molecular weight excluding hydrogens is 266 g/mol. The third-order valence-electron chi connectivity index (χ3n) is 2.17. The number of rotatable bonds is 2. The van der Waals surface area contributed by atoms with E-state index in [1.54, 1.807) is 0 Å². The van der Waals surface area contributed by atoms with E-state index in [1.165, 1.54) is 0 Å². The fraction of sp³-hybridized carbons (Fsp3) is 0.400. The molecule has 0 spiro atoms. The predicted molar refractivity (Wildman–Crippen MR) is 49.0 cm³/mol. The normalized spacial score (nSPS) is 14.4. The maximum absolute atomic E-state index is 12.3. The van der Waals surface area contributed by atoms with Crippen LogP contribution in [0.5, 0.6) is 5.75 Å². The Hall–Kier alpha value is -1.44. The lowest BCUT2D eigenvalue weighted by atomic mass is 10.0. The van der Waals surface area contributed by atoms with Crippen LogP contribution in [0.2, 0.25) is 0 Å². The van der Waals surface area contributed by atoms with Crippen molar-refractivity contribution >= 4 is 0 Å². The quantitative estimate of drug-likeness (QED) is 0.838. The highest BCUT2D eigenvalue weighted by Gasteiger charge is 2.41. The molecule has 0 saturated carbocycles. The maximum atomic E-state index is 12.3. The summed E-state index contributed by atoms with van der Waals surface area (Å²) in [7, 11) is 0.919. The van der Waals surface area contributed by atoms with Gasteiger partial charge >= 0.3 is 12.4 Å². The van der Waals surface area contributed by atoms with Crippen LogP contribution < -0.4 is 4.74 Å². The molecule has 102 valence electrons. The van der Waals surface area contributed by atoms with E-state index in [1.807, 2.05) is 0 Å². The van der Waals surface area contributed by atoms with Crippen molar-refractivity contribution in [3.8, 4) is 5.75 Å². The Bertz CT molecular complexity index is 423. The first kappa shape index (κ1) is 14.6. The van der Waals surface area contributed by atoms with Gasteiger partial charge in [0, 0.05) is 5.56 Å². The molecule has 0 heterocycles. The van der Waals surface area contributed by atoms with E-state index < -0.39 is 35.3 Å². The van der Waals surface area contributed by atoms with Gasteiger partial charge in [-0.15, -0.1) is 0 Å². The third-order valence-corrected chi connectivity index (χ3v) is 2.17. The summed E-state index contributed by atoms with van der Waals surface area (Å²) in [6, 6.07) is 1.40. The van der Waals surface area contributed by atoms with E-state index in [-0.39, 0.29) is 0 Å². The van der Waals surface area contributed by atoms with E-state index in [4.69, 9.17) is 5.11 Å². The third kappa shape index (κ3) is 3.06. The van der Waals surface area contributed by atoms with Crippen molar-refractivity contribution in [1.29, 1.82) is 0 Å². The summed E-state index contributed by atoms with van der Waals surface area (Å²) >= 11 is 0. The van der Waals surface area contributed by atoms with Crippen molar-refractivity contribution in [3.63, 3.8) is 0 Å². The van der Waals surface area contributed by atoms with Gasteiger partial charge in [-0.05, 0) is 12.1 Å². The molecule has 0 amide bonds. The Labute approximate surface area is 97.8 Å². The molecule has 0 aliphatic heterocycles. The molecule has 1 rings (SSSR count). The minimum absolute atomic E-state index is 0.407. The smallest absolute Gasteiger partial charge is 0.418 e. The Balaban J connectivity index is 3.24. The summed E-state index contributed by atoms with van der Waals surface area (Å²) in [5, 5.41) is 8.98. The molecule has 0 fully saturated rings. The first-order chi connectivity index (χ1) is 8.07. The highest BCUT2D eigenvalue weighted by molar-refractivity contribution is 5.40. The largest absolute Gasteiger partial charge is 0.496 e. The van der Waals surface area contributed by atoms with Gasteiger partial charge in [-0.3, -0.25) is 0 Å². The number of methoxy groups -OCH3 is 1. The van der Waals surface area contributed by atoms with Crippen LogP contribution in [-0.2, 0) is 6.18 Å². The zero-order valence-electron chi connectivity index (χ0n) is 8.93. The molecule has 8 heteroatoms. The zero-order chi connectivity index (χ0) is 14.1. The van der Waals surface area contributed by atoms with Crippen molar-refractivity contribution in [1.82, 2.24) is 0 Å². The molecule has 0 saturated heterocycles. The van der Waals surface area contributed by atoms with Crippen LogP contribution in [-0.4, -0.2) is 18.4 Å². The lowest BCUT2D eigenvalue weighted by molar-refractivity contribution is -0.207. The lowest BCUT2D eigenvalue weighted by Crippen LogP contribution is -2.21. The average Bonchev–Trinajstić information content (AvgIpc) is 2.24. The molecule has 1 atom stereocenters. The van der Waals surface area contributed by atoms with E-state index in [0.29, 0.717) is 18.2 Å². The van der Waals surface area contributed by atoms with Crippen molar-refractivity contribution < 1.29 is 36.2 Å². The van der Waals surface area contributed by atoms with Gasteiger partial charge in [0.1, 0.15) is 5.75 Å². The van der Waals surface area contributed by atoms with Gasteiger partial charge in [-0.2, -0.15) is 26.3 Å². The van der Waals surface area contributed by atoms with Gasteiger partial charge in [-0.25, -0.2) is 0 Å². The second-order valence-electron chi connectivity index (χ2n) is 3.40. The number of hydrogen-bond acceptors (Lipinski definition) is 2. The number of alkyl halides is 6. The van der Waals surface area contributed by atoms with Crippen LogP contribution in [0.4, 0.5) is 26.3 Å². The first-order valence-corrected chi connectivity index (χ1v) is 4.57. The van der Waals surface area contributed by atoms with E-state index in [2.05, 4.69) is 4.74 Å². The van der Waals surface area contributed by atoms with Crippen LogP contribution >= 0.6 is 0 Å². The zero-order valence-corrected chi connectivity index (χ0v) is 8.93. The topological polar surface area (TPSA) is 29.5 Å². The monoisotopic (exact) mass is 274 g/mol. The average molecular weight is 274 g/mol. The van der Waals surface area contributed by atoms with Gasteiger partial charge in [0.2, 0.25) is 0 Å². The molecule has 1 aromatic rings. The number of benzene rings is 1. The number of hydrogen-bond donors (Lipinski definition) is 1. The molecule has 1 aromatic carbocycles. The Morgan fingerprint density at radius 1 is 1.11 bits per heavy atom. The molecule has 0 aliphatic carbocycles. The van der Waals surface area contributed by atoms with E-state index in [0.717, 1.165) is 7.11 Å². The molecule has 0 bridgehead atoms. The van der Waals surface area contributed by atoms with Crippen molar-refractivity contribution in [2.75, 3.05) is 7.11 Å². The summed E-state index contributed by atoms with van der Waals surface area (Å²) in [5.74, 6) is -0.672. The molecule has 0 radical (unpaired) electrons. The van der Waals surface area contributed by atoms with Gasteiger partial charge < -0.3 is 9.84 Å². The summed E-state index contributed by atoms with van der Waals surface area (Å²) in [5.41, 5.74) is -1.92. The maximum Gasteiger partial charge on any atom is 0.418 e. The first-order valence-electron chi connectivity index (χ1n) is 4.57. The number of aliphatic hydroxyl groups is 1. The summed E-state index contributed by atoms with van der Waals surface area (Å²) < 4.78 is 78.2. The Kier molecular flexibility index (Phi) is 3.80. The van der Waals surface area contributed by atoms with Gasteiger partial charge in [-0.1, -0.05) is 6.07 Å². The summed E-state index contributed by atoms with van der Waals surface area (Å²) in [4.78, 5) is 0. The van der Waals surface area contributed by atoms with Gasteiger partial charge in [0.05, 0.1) is 12.7 Å². The van der Waals surface area contributed by atoms with Gasteiger partial charge in [0.25, 0.3) is 0 Å².